The minimum Gasteiger partial charge on any atom is -0.338 e. The lowest BCUT2D eigenvalue weighted by atomic mass is 9.81. The zero-order valence-electron chi connectivity index (χ0n) is 36.4. The number of allylic oxidation sites excluding steroid dienone is 3. The van der Waals surface area contributed by atoms with Crippen molar-refractivity contribution in [3.05, 3.63) is 246 Å². The van der Waals surface area contributed by atoms with Crippen LogP contribution in [0.2, 0.25) is 0 Å². The molecule has 0 spiro atoms. The lowest BCUT2D eigenvalue weighted by molar-refractivity contribution is 0.660. The van der Waals surface area contributed by atoms with Crippen LogP contribution in [0.25, 0.3) is 50.1 Å². The molecule has 1 heteroatoms. The molecule has 0 N–H and O–H groups in total. The molecule has 8 aromatic carbocycles. The molecule has 0 saturated heterocycles. The summed E-state index contributed by atoms with van der Waals surface area (Å²) in [5.41, 5.74) is 21.9. The first-order valence-corrected chi connectivity index (χ1v) is 21.5. The molecule has 0 aliphatic heterocycles. The van der Waals surface area contributed by atoms with E-state index in [1.165, 1.54) is 94.8 Å². The molecule has 9 rings (SSSR count). The first-order chi connectivity index (χ1) is 29.7. The number of benzene rings is 8. The zero-order chi connectivity index (χ0) is 42.3. The highest BCUT2D eigenvalue weighted by Crippen LogP contribution is 2.49. The van der Waals surface area contributed by atoms with Crippen LogP contribution in [0.3, 0.4) is 0 Å². The zero-order valence-corrected chi connectivity index (χ0v) is 36.4. The van der Waals surface area contributed by atoms with Crippen molar-refractivity contribution in [2.24, 2.45) is 0 Å². The Kier molecular flexibility index (Phi) is 12.1. The van der Waals surface area contributed by atoms with E-state index in [-0.39, 0.29) is 5.41 Å². The second kappa shape index (κ2) is 18.1. The number of anilines is 2. The Labute approximate surface area is 364 Å². The van der Waals surface area contributed by atoms with Gasteiger partial charge in [0.15, 0.2) is 0 Å². The first kappa shape index (κ1) is 40.8. The summed E-state index contributed by atoms with van der Waals surface area (Å²) in [5.74, 6) is 0. The lowest BCUT2D eigenvalue weighted by Gasteiger charge is -2.24. The van der Waals surface area contributed by atoms with Crippen LogP contribution < -0.4 is 4.90 Å². The Hall–Kier alpha value is -6.96. The van der Waals surface area contributed by atoms with Gasteiger partial charge >= 0.3 is 0 Å². The Morgan fingerprint density at radius 3 is 1.75 bits per heavy atom. The average Bonchev–Trinajstić information content (AvgIpc) is 3.53. The second-order valence-corrected chi connectivity index (χ2v) is 16.7. The van der Waals surface area contributed by atoms with E-state index in [2.05, 4.69) is 253 Å². The minimum atomic E-state index is -0.0125. The Balaban J connectivity index is 0.000000336. The molecule has 1 aliphatic carbocycles. The van der Waals surface area contributed by atoms with E-state index in [9.17, 15) is 0 Å². The maximum Gasteiger partial charge on any atom is 0.0415 e. The molecule has 300 valence electrons. The maximum atomic E-state index is 2.40. The van der Waals surface area contributed by atoms with Crippen molar-refractivity contribution in [2.45, 2.75) is 47.0 Å². The molecular formula is C60H55N. The van der Waals surface area contributed by atoms with Gasteiger partial charge in [0, 0.05) is 23.3 Å². The first-order valence-electron chi connectivity index (χ1n) is 21.5. The lowest BCUT2D eigenvalue weighted by Crippen LogP contribution is -2.16. The Morgan fingerprint density at radius 1 is 0.459 bits per heavy atom. The van der Waals surface area contributed by atoms with Crippen LogP contribution in [-0.4, -0.2) is 6.54 Å². The fraction of sp³-hybridized carbons (Fsp3) is 0.133. The molecule has 1 nitrogen and oxygen atoms in total. The highest BCUT2D eigenvalue weighted by atomic mass is 15.1. The Morgan fingerprint density at radius 2 is 1.03 bits per heavy atom. The number of nitrogens with zero attached hydrogens (tertiary/aromatic N) is 1. The minimum absolute atomic E-state index is 0.0125. The molecule has 0 aromatic heterocycles. The summed E-state index contributed by atoms with van der Waals surface area (Å²) in [6.07, 6.45) is 6.79. The number of hydrogen-bond donors (Lipinski definition) is 0. The van der Waals surface area contributed by atoms with Crippen molar-refractivity contribution in [1.29, 1.82) is 0 Å². The van der Waals surface area contributed by atoms with Crippen LogP contribution in [0.15, 0.2) is 212 Å². The normalized spacial score (nSPS) is 12.7. The molecule has 0 saturated carbocycles. The SMILES string of the molecule is C/C=C(\C=C/CN(c1ccccc1)c1ccc(-c2ccc(C)c(-c3ccccc3C)c2)cc1)c1ccc2c(c1)C(C)(C)c1ccccc1-2.Cc1cccc(-c2ccccc2)c1. The van der Waals surface area contributed by atoms with Gasteiger partial charge in [0.25, 0.3) is 0 Å². The quantitative estimate of drug-likeness (QED) is 0.132. The van der Waals surface area contributed by atoms with Gasteiger partial charge in [0.2, 0.25) is 0 Å². The van der Waals surface area contributed by atoms with Crippen LogP contribution in [0, 0.1) is 20.8 Å². The van der Waals surface area contributed by atoms with Gasteiger partial charge in [-0.3, -0.25) is 0 Å². The third-order valence-electron chi connectivity index (χ3n) is 12.2. The standard InChI is InChI=1S/C47H43N.C13H12/c1-6-35(38-26-29-43-42-20-12-13-21-45(42)47(4,5)46(43)32-38)16-14-30-48(39-17-8-7-9-18-39)40-27-24-36(25-28-40)37-23-22-34(3)44(31-37)41-19-11-10-15-33(41)2;1-11-6-5-9-13(10-11)12-7-3-2-4-8-12/h6-29,31-32H,30H2,1-5H3;2-10H,1H3/b16-14-,35-6+;. The van der Waals surface area contributed by atoms with E-state index >= 15 is 0 Å². The summed E-state index contributed by atoms with van der Waals surface area (Å²) >= 11 is 0. The Bertz CT molecular complexity index is 2820. The van der Waals surface area contributed by atoms with Crippen LogP contribution in [0.1, 0.15) is 54.2 Å². The molecule has 0 heterocycles. The molecule has 0 bridgehead atoms. The third kappa shape index (κ3) is 8.84. The van der Waals surface area contributed by atoms with Gasteiger partial charge in [-0.05, 0) is 142 Å². The maximum absolute atomic E-state index is 2.40. The van der Waals surface area contributed by atoms with Gasteiger partial charge in [-0.25, -0.2) is 0 Å². The smallest absolute Gasteiger partial charge is 0.0415 e. The fourth-order valence-corrected chi connectivity index (χ4v) is 8.75. The molecule has 0 unspecified atom stereocenters. The number of rotatable bonds is 9. The summed E-state index contributed by atoms with van der Waals surface area (Å²) in [6, 6.07) is 70.0. The van der Waals surface area contributed by atoms with Crippen molar-refractivity contribution >= 4 is 16.9 Å². The van der Waals surface area contributed by atoms with Gasteiger partial charge in [0.1, 0.15) is 0 Å². The van der Waals surface area contributed by atoms with E-state index in [1.807, 2.05) is 6.07 Å². The predicted octanol–water partition coefficient (Wildman–Crippen LogP) is 16.4. The number of hydrogen-bond acceptors (Lipinski definition) is 1. The number of aryl methyl sites for hydroxylation is 3. The van der Waals surface area contributed by atoms with Crippen molar-refractivity contribution in [3.63, 3.8) is 0 Å². The molecule has 0 radical (unpaired) electrons. The average molecular weight is 790 g/mol. The van der Waals surface area contributed by atoms with Crippen LogP contribution in [0.4, 0.5) is 11.4 Å². The molecular weight excluding hydrogens is 735 g/mol. The van der Waals surface area contributed by atoms with Crippen molar-refractivity contribution < 1.29 is 0 Å². The van der Waals surface area contributed by atoms with Crippen molar-refractivity contribution in [2.75, 3.05) is 11.4 Å². The predicted molar refractivity (Wildman–Crippen MR) is 264 cm³/mol. The van der Waals surface area contributed by atoms with E-state index in [1.54, 1.807) is 0 Å². The summed E-state index contributed by atoms with van der Waals surface area (Å²) in [4.78, 5) is 2.38. The van der Waals surface area contributed by atoms with Gasteiger partial charge in [-0.2, -0.15) is 0 Å². The summed E-state index contributed by atoms with van der Waals surface area (Å²) in [6.45, 7) is 14.1. The van der Waals surface area contributed by atoms with Gasteiger partial charge < -0.3 is 4.90 Å². The van der Waals surface area contributed by atoms with E-state index in [0.717, 1.165) is 6.54 Å². The van der Waals surface area contributed by atoms with Crippen LogP contribution >= 0.6 is 0 Å². The summed E-state index contributed by atoms with van der Waals surface area (Å²) < 4.78 is 0. The molecule has 61 heavy (non-hydrogen) atoms. The summed E-state index contributed by atoms with van der Waals surface area (Å²) in [7, 11) is 0. The molecule has 0 atom stereocenters. The monoisotopic (exact) mass is 789 g/mol. The third-order valence-corrected chi connectivity index (χ3v) is 12.2. The van der Waals surface area contributed by atoms with Crippen molar-refractivity contribution in [1.82, 2.24) is 0 Å². The largest absolute Gasteiger partial charge is 0.338 e. The molecule has 0 amide bonds. The number of para-hydroxylation sites is 1. The fourth-order valence-electron chi connectivity index (χ4n) is 8.75. The summed E-state index contributed by atoms with van der Waals surface area (Å²) in [5, 5.41) is 0. The topological polar surface area (TPSA) is 3.24 Å². The molecule has 0 fully saturated rings. The number of fused-ring (bicyclic) bond motifs is 3. The van der Waals surface area contributed by atoms with Gasteiger partial charge in [-0.15, -0.1) is 0 Å². The van der Waals surface area contributed by atoms with E-state index in [4.69, 9.17) is 0 Å². The van der Waals surface area contributed by atoms with E-state index < -0.39 is 0 Å². The van der Waals surface area contributed by atoms with Crippen molar-refractivity contribution in [3.8, 4) is 44.5 Å². The van der Waals surface area contributed by atoms with Gasteiger partial charge in [-0.1, -0.05) is 195 Å². The van der Waals surface area contributed by atoms with Crippen LogP contribution in [-0.2, 0) is 5.41 Å². The molecule has 1 aliphatic rings. The molecule has 8 aromatic rings. The van der Waals surface area contributed by atoms with Gasteiger partial charge in [0.05, 0.1) is 0 Å². The highest BCUT2D eigenvalue weighted by Gasteiger charge is 2.35. The van der Waals surface area contributed by atoms with Crippen LogP contribution in [0.5, 0.6) is 0 Å². The van der Waals surface area contributed by atoms with E-state index in [0.29, 0.717) is 0 Å². The highest BCUT2D eigenvalue weighted by molar-refractivity contribution is 5.85. The second-order valence-electron chi connectivity index (χ2n) is 16.7.